The quantitative estimate of drug-likeness (QED) is 0.726. The third-order valence-corrected chi connectivity index (χ3v) is 3.29. The number of rotatable bonds is 4. The zero-order valence-corrected chi connectivity index (χ0v) is 13.1. The molecule has 2 aromatic heterocycles. The average Bonchev–Trinajstić information content (AvgIpc) is 2.97. The molecule has 1 aromatic carbocycles. The number of nitrogens with zero attached hydrogens (tertiary/aromatic N) is 3. The molecule has 1 N–H and O–H groups in total. The maximum atomic E-state index is 12.1. The summed E-state index contributed by atoms with van der Waals surface area (Å²) in [7, 11) is 1.35. The highest BCUT2D eigenvalue weighted by atomic mass is 35.5. The van der Waals surface area contributed by atoms with Gasteiger partial charge in [-0.1, -0.05) is 16.7 Å². The van der Waals surface area contributed by atoms with E-state index in [1.807, 2.05) is 0 Å². The van der Waals surface area contributed by atoms with E-state index in [0.29, 0.717) is 22.1 Å². The minimum Gasteiger partial charge on any atom is -0.452 e. The number of ether oxygens (including phenoxy) is 1. The van der Waals surface area contributed by atoms with Crippen LogP contribution >= 0.6 is 11.6 Å². The largest absolute Gasteiger partial charge is 0.452 e. The monoisotopic (exact) mass is 346 g/mol. The predicted octanol–water partition coefficient (Wildman–Crippen LogP) is 2.13. The summed E-state index contributed by atoms with van der Waals surface area (Å²) in [5, 5.41) is 6.87. The van der Waals surface area contributed by atoms with Gasteiger partial charge in [-0.15, -0.1) is 0 Å². The lowest BCUT2D eigenvalue weighted by Gasteiger charge is -2.06. The molecule has 9 heteroatoms. The molecule has 0 aliphatic carbocycles. The van der Waals surface area contributed by atoms with Crippen molar-refractivity contribution in [2.24, 2.45) is 0 Å². The molecule has 122 valence electrons. The van der Waals surface area contributed by atoms with Crippen molar-refractivity contribution in [1.29, 1.82) is 0 Å². The number of hydrogen-bond donors (Lipinski definition) is 1. The summed E-state index contributed by atoms with van der Waals surface area (Å²) >= 11 is 5.68. The lowest BCUT2D eigenvalue weighted by atomic mass is 10.2. The highest BCUT2D eigenvalue weighted by Gasteiger charge is 2.11. The van der Waals surface area contributed by atoms with Gasteiger partial charge in [-0.3, -0.25) is 4.79 Å². The molecule has 0 aliphatic heterocycles. The van der Waals surface area contributed by atoms with E-state index in [4.69, 9.17) is 20.8 Å². The first-order valence-corrected chi connectivity index (χ1v) is 7.12. The van der Waals surface area contributed by atoms with Gasteiger partial charge in [0.05, 0.1) is 18.4 Å². The Kier molecular flexibility index (Phi) is 4.30. The number of amides is 1. The van der Waals surface area contributed by atoms with Gasteiger partial charge >= 0.3 is 11.8 Å². The molecule has 1 amide bonds. The van der Waals surface area contributed by atoms with Crippen LogP contribution in [-0.4, -0.2) is 27.8 Å². The molecule has 24 heavy (non-hydrogen) atoms. The Morgan fingerprint density at radius 1 is 1.25 bits per heavy atom. The van der Waals surface area contributed by atoms with Gasteiger partial charge in [0.2, 0.25) is 0 Å². The van der Waals surface area contributed by atoms with Crippen molar-refractivity contribution >= 4 is 23.2 Å². The van der Waals surface area contributed by atoms with Crippen LogP contribution in [-0.2, 0) is 0 Å². The van der Waals surface area contributed by atoms with E-state index in [9.17, 15) is 9.59 Å². The Hall–Kier alpha value is -3.13. The number of hydrogen-bond acceptors (Lipinski definition) is 6. The molecule has 3 rings (SSSR count). The second-order valence-corrected chi connectivity index (χ2v) is 5.01. The fourth-order valence-electron chi connectivity index (χ4n) is 1.91. The fourth-order valence-corrected chi connectivity index (χ4v) is 2.02. The summed E-state index contributed by atoms with van der Waals surface area (Å²) in [6, 6.07) is 9.58. The first kappa shape index (κ1) is 15.8. The SMILES string of the molecule is COc1nn(-c2ccc(NC(=O)c3ccc(Cl)nc3)cc2)c(=O)o1. The van der Waals surface area contributed by atoms with Crippen LogP contribution in [0.2, 0.25) is 5.15 Å². The lowest BCUT2D eigenvalue weighted by Crippen LogP contribution is -2.14. The molecule has 0 aliphatic rings. The molecule has 0 saturated carbocycles. The zero-order valence-electron chi connectivity index (χ0n) is 12.4. The molecule has 2 heterocycles. The highest BCUT2D eigenvalue weighted by Crippen LogP contribution is 2.14. The Balaban J connectivity index is 1.77. The Bertz CT molecular complexity index is 916. The van der Waals surface area contributed by atoms with E-state index in [1.54, 1.807) is 30.3 Å². The zero-order chi connectivity index (χ0) is 17.1. The molecule has 0 atom stereocenters. The Labute approximate surface area is 140 Å². The molecule has 0 fully saturated rings. The van der Waals surface area contributed by atoms with Gasteiger partial charge in [0, 0.05) is 11.9 Å². The van der Waals surface area contributed by atoms with Gasteiger partial charge in [0.15, 0.2) is 0 Å². The van der Waals surface area contributed by atoms with Crippen LogP contribution in [0.3, 0.4) is 0 Å². The number of carbonyl (C=O) groups excluding carboxylic acids is 1. The van der Waals surface area contributed by atoms with Crippen molar-refractivity contribution in [2.45, 2.75) is 0 Å². The van der Waals surface area contributed by atoms with Crippen LogP contribution in [0, 0.1) is 0 Å². The topological polar surface area (TPSA) is 99.2 Å². The number of pyridine rings is 1. The van der Waals surface area contributed by atoms with Crippen molar-refractivity contribution < 1.29 is 13.9 Å². The van der Waals surface area contributed by atoms with E-state index in [1.165, 1.54) is 19.4 Å². The van der Waals surface area contributed by atoms with Crippen molar-refractivity contribution in [3.8, 4) is 11.8 Å². The number of aromatic nitrogens is 3. The fraction of sp³-hybridized carbons (Fsp3) is 0.0667. The minimum atomic E-state index is -0.670. The van der Waals surface area contributed by atoms with Crippen LogP contribution in [0.1, 0.15) is 10.4 Å². The molecular formula is C15H11ClN4O4. The Morgan fingerprint density at radius 3 is 2.58 bits per heavy atom. The summed E-state index contributed by atoms with van der Waals surface area (Å²) in [5.41, 5.74) is 1.39. The van der Waals surface area contributed by atoms with Gasteiger partial charge in [0.1, 0.15) is 5.15 Å². The second kappa shape index (κ2) is 6.55. The summed E-state index contributed by atoms with van der Waals surface area (Å²) < 4.78 is 10.6. The maximum Gasteiger partial charge on any atom is 0.444 e. The summed E-state index contributed by atoms with van der Waals surface area (Å²) in [6.07, 6.45) is 1.25. The summed E-state index contributed by atoms with van der Waals surface area (Å²) in [4.78, 5) is 27.6. The van der Waals surface area contributed by atoms with Crippen molar-refractivity contribution in [3.05, 3.63) is 63.9 Å². The maximum absolute atomic E-state index is 12.1. The molecule has 0 radical (unpaired) electrons. The van der Waals surface area contributed by atoms with Crippen LogP contribution in [0.5, 0.6) is 6.08 Å². The van der Waals surface area contributed by atoms with Gasteiger partial charge in [-0.2, -0.15) is 4.68 Å². The normalized spacial score (nSPS) is 10.4. The third-order valence-electron chi connectivity index (χ3n) is 3.06. The van der Waals surface area contributed by atoms with Gasteiger partial charge < -0.3 is 14.5 Å². The van der Waals surface area contributed by atoms with E-state index in [-0.39, 0.29) is 12.0 Å². The number of benzene rings is 1. The number of anilines is 1. The number of nitrogens with one attached hydrogen (secondary N) is 1. The van der Waals surface area contributed by atoms with E-state index >= 15 is 0 Å². The number of halogens is 1. The van der Waals surface area contributed by atoms with Crippen molar-refractivity contribution in [2.75, 3.05) is 12.4 Å². The Morgan fingerprint density at radius 2 is 2.00 bits per heavy atom. The molecule has 0 spiro atoms. The van der Waals surface area contributed by atoms with Gasteiger partial charge in [-0.05, 0) is 36.4 Å². The summed E-state index contributed by atoms with van der Waals surface area (Å²) in [5.74, 6) is -0.997. The molecule has 0 saturated heterocycles. The van der Waals surface area contributed by atoms with Crippen molar-refractivity contribution in [1.82, 2.24) is 14.8 Å². The molecule has 3 aromatic rings. The van der Waals surface area contributed by atoms with Crippen LogP contribution in [0.15, 0.2) is 51.8 Å². The predicted molar refractivity (Wildman–Crippen MR) is 85.9 cm³/mol. The molecule has 0 bridgehead atoms. The van der Waals surface area contributed by atoms with Gasteiger partial charge in [0.25, 0.3) is 5.91 Å². The van der Waals surface area contributed by atoms with Crippen LogP contribution < -0.4 is 15.8 Å². The minimum absolute atomic E-state index is 0.132. The van der Waals surface area contributed by atoms with Gasteiger partial charge in [-0.25, -0.2) is 9.78 Å². The number of carbonyl (C=O) groups is 1. The number of methoxy groups -OCH3 is 1. The first-order chi connectivity index (χ1) is 11.6. The van der Waals surface area contributed by atoms with Crippen LogP contribution in [0.25, 0.3) is 5.69 Å². The van der Waals surface area contributed by atoms with E-state index in [2.05, 4.69) is 15.4 Å². The smallest absolute Gasteiger partial charge is 0.444 e. The first-order valence-electron chi connectivity index (χ1n) is 6.74. The molecule has 0 unspecified atom stereocenters. The molecule has 8 nitrogen and oxygen atoms in total. The van der Waals surface area contributed by atoms with E-state index < -0.39 is 5.76 Å². The van der Waals surface area contributed by atoms with Crippen molar-refractivity contribution in [3.63, 3.8) is 0 Å². The van der Waals surface area contributed by atoms with Crippen LogP contribution in [0.4, 0.5) is 5.69 Å². The summed E-state index contributed by atoms with van der Waals surface area (Å²) in [6.45, 7) is 0. The standard InChI is InChI=1S/C15H11ClN4O4/c1-23-14-19-20(15(22)24-14)11-5-3-10(4-6-11)18-13(21)9-2-7-12(16)17-8-9/h2-8H,1H3,(H,18,21). The third kappa shape index (κ3) is 3.28. The van der Waals surface area contributed by atoms with E-state index in [0.717, 1.165) is 4.68 Å². The molecular weight excluding hydrogens is 336 g/mol. The highest BCUT2D eigenvalue weighted by molar-refractivity contribution is 6.29. The lowest BCUT2D eigenvalue weighted by molar-refractivity contribution is 0.102. The average molecular weight is 347 g/mol. The second-order valence-electron chi connectivity index (χ2n) is 4.62.